The van der Waals surface area contributed by atoms with Gasteiger partial charge in [0, 0.05) is 17.0 Å². The van der Waals surface area contributed by atoms with Crippen LogP contribution in [0.5, 0.6) is 0 Å². The second-order valence-corrected chi connectivity index (χ2v) is 6.06. The van der Waals surface area contributed by atoms with Crippen LogP contribution in [-0.4, -0.2) is 28.6 Å². The molecule has 1 rings (SSSR count). The summed E-state index contributed by atoms with van der Waals surface area (Å²) in [7, 11) is 0. The molecule has 0 fully saturated rings. The molecule has 0 amide bonds. The molecule has 0 saturated carbocycles. The van der Waals surface area contributed by atoms with Crippen LogP contribution in [0.3, 0.4) is 0 Å². The van der Waals surface area contributed by atoms with Crippen LogP contribution in [0.1, 0.15) is 42.6 Å². The van der Waals surface area contributed by atoms with Gasteiger partial charge < -0.3 is 10.4 Å². The molecule has 0 atom stereocenters. The van der Waals surface area contributed by atoms with E-state index in [0.29, 0.717) is 5.56 Å². The van der Waals surface area contributed by atoms with Crippen molar-refractivity contribution in [2.24, 2.45) is 0 Å². The van der Waals surface area contributed by atoms with E-state index in [1.807, 2.05) is 30.8 Å². The minimum Gasteiger partial charge on any atom is -0.478 e. The molecule has 3 nitrogen and oxygen atoms in total. The number of carboxylic acids is 1. The molecule has 0 bridgehead atoms. The first-order valence-electron chi connectivity index (χ1n) is 6.61. The average molecular weight is 281 g/mol. The zero-order valence-corrected chi connectivity index (χ0v) is 12.9. The summed E-state index contributed by atoms with van der Waals surface area (Å²) in [5.41, 5.74) is 2.15. The number of anilines is 1. The highest BCUT2D eigenvalue weighted by molar-refractivity contribution is 8.00. The Labute approximate surface area is 119 Å². The van der Waals surface area contributed by atoms with Crippen molar-refractivity contribution in [1.82, 2.24) is 0 Å². The molecule has 4 heteroatoms. The van der Waals surface area contributed by atoms with Gasteiger partial charge in [-0.1, -0.05) is 13.8 Å². The molecule has 106 valence electrons. The summed E-state index contributed by atoms with van der Waals surface area (Å²) in [6, 6.07) is 5.41. The number of rotatable bonds is 7. The summed E-state index contributed by atoms with van der Waals surface area (Å²) >= 11 is 1.89. The van der Waals surface area contributed by atoms with Gasteiger partial charge in [-0.05, 0) is 49.8 Å². The SMILES string of the molecule is CCC(CC)(CNc1ccc(C(=O)O)c(C)c1)SC. The van der Waals surface area contributed by atoms with Gasteiger partial charge in [0.2, 0.25) is 0 Å². The van der Waals surface area contributed by atoms with Gasteiger partial charge in [-0.25, -0.2) is 4.79 Å². The zero-order chi connectivity index (χ0) is 14.5. The van der Waals surface area contributed by atoms with E-state index in [1.54, 1.807) is 6.07 Å². The molecule has 0 aliphatic rings. The van der Waals surface area contributed by atoms with Gasteiger partial charge in [-0.15, -0.1) is 0 Å². The number of aromatic carboxylic acids is 1. The number of carbonyl (C=O) groups is 1. The van der Waals surface area contributed by atoms with Crippen LogP contribution in [0, 0.1) is 6.92 Å². The normalized spacial score (nSPS) is 11.4. The molecule has 0 aliphatic carbocycles. The van der Waals surface area contributed by atoms with Crippen LogP contribution in [-0.2, 0) is 0 Å². The van der Waals surface area contributed by atoms with Gasteiger partial charge >= 0.3 is 5.97 Å². The minimum absolute atomic E-state index is 0.249. The third-order valence-corrected chi connectivity index (χ3v) is 5.38. The number of nitrogens with one attached hydrogen (secondary N) is 1. The molecule has 0 aliphatic heterocycles. The Bertz CT molecular complexity index is 434. The number of thioether (sulfide) groups is 1. The molecule has 0 unspecified atom stereocenters. The number of aryl methyl sites for hydroxylation is 1. The lowest BCUT2D eigenvalue weighted by molar-refractivity contribution is 0.0696. The van der Waals surface area contributed by atoms with Crippen LogP contribution in [0.4, 0.5) is 5.69 Å². The van der Waals surface area contributed by atoms with Gasteiger partial charge in [0.15, 0.2) is 0 Å². The average Bonchev–Trinajstić information content (AvgIpc) is 2.40. The quantitative estimate of drug-likeness (QED) is 0.792. The van der Waals surface area contributed by atoms with Crippen molar-refractivity contribution in [3.8, 4) is 0 Å². The number of benzene rings is 1. The van der Waals surface area contributed by atoms with Crippen molar-refractivity contribution in [3.63, 3.8) is 0 Å². The summed E-state index contributed by atoms with van der Waals surface area (Å²) in [6.45, 7) is 7.14. The highest BCUT2D eigenvalue weighted by atomic mass is 32.2. The second kappa shape index (κ2) is 6.85. The first-order chi connectivity index (χ1) is 8.98. The molecule has 1 aromatic carbocycles. The van der Waals surface area contributed by atoms with Gasteiger partial charge in [-0.2, -0.15) is 11.8 Å². The van der Waals surface area contributed by atoms with E-state index in [4.69, 9.17) is 5.11 Å². The van der Waals surface area contributed by atoms with E-state index in [1.165, 1.54) is 0 Å². The smallest absolute Gasteiger partial charge is 0.335 e. The minimum atomic E-state index is -0.871. The van der Waals surface area contributed by atoms with Crippen LogP contribution >= 0.6 is 11.8 Å². The molecule has 0 heterocycles. The first-order valence-corrected chi connectivity index (χ1v) is 7.83. The van der Waals surface area contributed by atoms with Gasteiger partial charge in [0.25, 0.3) is 0 Å². The Morgan fingerprint density at radius 3 is 2.42 bits per heavy atom. The summed E-state index contributed by atoms with van der Waals surface area (Å²) < 4.78 is 0.249. The van der Waals surface area contributed by atoms with Crippen LogP contribution in [0.25, 0.3) is 0 Å². The molecule has 19 heavy (non-hydrogen) atoms. The van der Waals surface area contributed by atoms with E-state index in [2.05, 4.69) is 25.4 Å². The van der Waals surface area contributed by atoms with Crippen LogP contribution in [0.15, 0.2) is 18.2 Å². The Balaban J connectivity index is 2.78. The maximum Gasteiger partial charge on any atom is 0.335 e. The predicted octanol–water partition coefficient (Wildman–Crippen LogP) is 4.03. The van der Waals surface area contributed by atoms with Crippen LogP contribution in [0.2, 0.25) is 0 Å². The maximum atomic E-state index is 11.0. The zero-order valence-electron chi connectivity index (χ0n) is 12.1. The Kier molecular flexibility index (Phi) is 5.73. The summed E-state index contributed by atoms with van der Waals surface area (Å²) in [6.07, 6.45) is 4.38. The lowest BCUT2D eigenvalue weighted by Gasteiger charge is -2.30. The van der Waals surface area contributed by atoms with Crippen molar-refractivity contribution >= 4 is 23.4 Å². The molecular formula is C15H23NO2S. The van der Waals surface area contributed by atoms with E-state index in [-0.39, 0.29) is 4.75 Å². The van der Waals surface area contributed by atoms with Crippen molar-refractivity contribution in [1.29, 1.82) is 0 Å². The third kappa shape index (κ3) is 3.90. The largest absolute Gasteiger partial charge is 0.478 e. The standard InChI is InChI=1S/C15H23NO2S/c1-5-15(6-2,19-4)10-16-12-7-8-13(14(17)18)11(3)9-12/h7-9,16H,5-6,10H2,1-4H3,(H,17,18). The van der Waals surface area contributed by atoms with Gasteiger partial charge in [-0.3, -0.25) is 0 Å². The molecular weight excluding hydrogens is 258 g/mol. The van der Waals surface area contributed by atoms with E-state index in [0.717, 1.165) is 30.6 Å². The molecule has 2 N–H and O–H groups in total. The maximum absolute atomic E-state index is 11.0. The first kappa shape index (κ1) is 15.9. The second-order valence-electron chi connectivity index (χ2n) is 4.78. The van der Waals surface area contributed by atoms with Crippen molar-refractivity contribution < 1.29 is 9.90 Å². The highest BCUT2D eigenvalue weighted by Gasteiger charge is 2.24. The number of hydrogen-bond donors (Lipinski definition) is 2. The summed E-state index contributed by atoms with van der Waals surface area (Å²) in [5, 5.41) is 12.4. The van der Waals surface area contributed by atoms with Gasteiger partial charge in [0.1, 0.15) is 0 Å². The van der Waals surface area contributed by atoms with Crippen LogP contribution < -0.4 is 5.32 Å². The van der Waals surface area contributed by atoms with E-state index >= 15 is 0 Å². The lowest BCUT2D eigenvalue weighted by atomic mass is 10.0. The van der Waals surface area contributed by atoms with Crippen molar-refractivity contribution in [2.45, 2.75) is 38.4 Å². The Hall–Kier alpha value is -1.16. The van der Waals surface area contributed by atoms with Crippen molar-refractivity contribution in [3.05, 3.63) is 29.3 Å². The van der Waals surface area contributed by atoms with E-state index in [9.17, 15) is 4.79 Å². The van der Waals surface area contributed by atoms with E-state index < -0.39 is 5.97 Å². The molecule has 0 spiro atoms. The molecule has 0 radical (unpaired) electrons. The highest BCUT2D eigenvalue weighted by Crippen LogP contribution is 2.30. The third-order valence-electron chi connectivity index (χ3n) is 3.79. The fourth-order valence-electron chi connectivity index (χ4n) is 2.14. The Morgan fingerprint density at radius 2 is 2.00 bits per heavy atom. The topological polar surface area (TPSA) is 49.3 Å². The Morgan fingerprint density at radius 1 is 1.37 bits per heavy atom. The van der Waals surface area contributed by atoms with Crippen molar-refractivity contribution in [2.75, 3.05) is 18.1 Å². The molecule has 0 aromatic heterocycles. The molecule has 1 aromatic rings. The fourth-order valence-corrected chi connectivity index (χ4v) is 2.93. The molecule has 0 saturated heterocycles. The predicted molar refractivity (Wildman–Crippen MR) is 83.5 cm³/mol. The monoisotopic (exact) mass is 281 g/mol. The summed E-state index contributed by atoms with van der Waals surface area (Å²) in [5.74, 6) is -0.871. The summed E-state index contributed by atoms with van der Waals surface area (Å²) in [4.78, 5) is 11.0. The van der Waals surface area contributed by atoms with Gasteiger partial charge in [0.05, 0.1) is 5.56 Å². The number of hydrogen-bond acceptors (Lipinski definition) is 3. The number of carboxylic acid groups (broad SMARTS) is 1. The fraction of sp³-hybridized carbons (Fsp3) is 0.533. The lowest BCUT2D eigenvalue weighted by Crippen LogP contribution is -2.32.